The summed E-state index contributed by atoms with van der Waals surface area (Å²) in [7, 11) is 0. The maximum Gasteiger partial charge on any atom is 0.129 e. The molecule has 1 saturated heterocycles. The van der Waals surface area contributed by atoms with E-state index in [1.807, 2.05) is 0 Å². The van der Waals surface area contributed by atoms with E-state index in [0.717, 1.165) is 31.0 Å². The number of hydrogen-bond donors (Lipinski definition) is 0. The van der Waals surface area contributed by atoms with Gasteiger partial charge in [0.1, 0.15) is 5.82 Å². The number of anilines is 1. The lowest BCUT2D eigenvalue weighted by molar-refractivity contribution is 0.574. The van der Waals surface area contributed by atoms with Crippen LogP contribution in [0.25, 0.3) is 32.7 Å². The number of para-hydroxylation sites is 1. The van der Waals surface area contributed by atoms with Gasteiger partial charge in [-0.1, -0.05) is 54.6 Å². The molecule has 3 heterocycles. The van der Waals surface area contributed by atoms with E-state index < -0.39 is 0 Å². The largest absolute Gasteiger partial charge is 0.357 e. The number of fused-ring (bicyclic) bond motifs is 5. The fourth-order valence-electron chi connectivity index (χ4n) is 4.97. The van der Waals surface area contributed by atoms with Crippen LogP contribution in [-0.4, -0.2) is 22.6 Å². The van der Waals surface area contributed by atoms with Gasteiger partial charge in [-0.15, -0.1) is 0 Å². The molecule has 0 amide bonds. The van der Waals surface area contributed by atoms with Gasteiger partial charge in [0.15, 0.2) is 0 Å². The number of benzene rings is 3. The molecule has 3 heteroatoms. The van der Waals surface area contributed by atoms with Crippen LogP contribution in [0.15, 0.2) is 78.9 Å². The number of nitrogens with zero attached hydrogens (tertiary/aromatic N) is 3. The Labute approximate surface area is 176 Å². The predicted octanol–water partition coefficient (Wildman–Crippen LogP) is 6.38. The van der Waals surface area contributed by atoms with Gasteiger partial charge in [-0.05, 0) is 49.1 Å². The van der Waals surface area contributed by atoms with Crippen molar-refractivity contribution in [2.45, 2.75) is 25.8 Å². The molecule has 0 saturated carbocycles. The van der Waals surface area contributed by atoms with Crippen LogP contribution in [0.2, 0.25) is 0 Å². The molecular weight excluding hydrogens is 366 g/mol. The fraction of sp³-hybridized carbons (Fsp3) is 0.222. The van der Waals surface area contributed by atoms with Crippen molar-refractivity contribution in [1.29, 1.82) is 0 Å². The van der Waals surface area contributed by atoms with Crippen LogP contribution in [-0.2, 0) is 6.54 Å². The SMILES string of the molecule is c1ccc(Cn2c3ccccc3c3ccc4nc(N5CCCCC5)ccc4c32)cc1. The molecule has 148 valence electrons. The number of hydrogen-bond acceptors (Lipinski definition) is 2. The molecular formula is C27H25N3. The van der Waals surface area contributed by atoms with Gasteiger partial charge in [-0.2, -0.15) is 0 Å². The third-order valence-corrected chi connectivity index (χ3v) is 6.45. The van der Waals surface area contributed by atoms with Crippen LogP contribution < -0.4 is 4.90 Å². The molecule has 6 rings (SSSR count). The van der Waals surface area contributed by atoms with E-state index in [1.54, 1.807) is 0 Å². The first-order valence-electron chi connectivity index (χ1n) is 11.0. The molecule has 1 aliphatic rings. The number of piperidine rings is 1. The summed E-state index contributed by atoms with van der Waals surface area (Å²) in [5, 5.41) is 3.85. The number of pyridine rings is 1. The Balaban J connectivity index is 1.58. The molecule has 30 heavy (non-hydrogen) atoms. The summed E-state index contributed by atoms with van der Waals surface area (Å²) in [6.07, 6.45) is 3.87. The van der Waals surface area contributed by atoms with Gasteiger partial charge >= 0.3 is 0 Å². The number of rotatable bonds is 3. The van der Waals surface area contributed by atoms with Crippen molar-refractivity contribution in [1.82, 2.24) is 9.55 Å². The summed E-state index contributed by atoms with van der Waals surface area (Å²) < 4.78 is 2.46. The Kier molecular flexibility index (Phi) is 4.19. The Morgan fingerprint density at radius 2 is 1.43 bits per heavy atom. The lowest BCUT2D eigenvalue weighted by Gasteiger charge is -2.27. The Hall–Kier alpha value is -3.33. The predicted molar refractivity (Wildman–Crippen MR) is 126 cm³/mol. The van der Waals surface area contributed by atoms with Gasteiger partial charge < -0.3 is 9.47 Å². The van der Waals surface area contributed by atoms with E-state index in [0.29, 0.717) is 0 Å². The summed E-state index contributed by atoms with van der Waals surface area (Å²) in [6, 6.07) is 28.4. The molecule has 0 bridgehead atoms. The average molecular weight is 392 g/mol. The molecule has 0 unspecified atom stereocenters. The first-order valence-corrected chi connectivity index (χ1v) is 11.0. The number of aromatic nitrogens is 2. The summed E-state index contributed by atoms with van der Waals surface area (Å²) in [4.78, 5) is 7.52. The Bertz CT molecular complexity index is 1340. The molecule has 0 radical (unpaired) electrons. The molecule has 0 N–H and O–H groups in total. The van der Waals surface area contributed by atoms with Crippen LogP contribution in [0.5, 0.6) is 0 Å². The summed E-state index contributed by atoms with van der Waals surface area (Å²) in [5.74, 6) is 1.12. The maximum atomic E-state index is 5.08. The van der Waals surface area contributed by atoms with Gasteiger partial charge in [-0.3, -0.25) is 0 Å². The molecule has 0 atom stereocenters. The highest BCUT2D eigenvalue weighted by Gasteiger charge is 2.16. The molecule has 0 aliphatic carbocycles. The van der Waals surface area contributed by atoms with Crippen molar-refractivity contribution in [3.63, 3.8) is 0 Å². The second-order valence-corrected chi connectivity index (χ2v) is 8.33. The molecule has 0 spiro atoms. The second-order valence-electron chi connectivity index (χ2n) is 8.33. The van der Waals surface area contributed by atoms with E-state index in [2.05, 4.69) is 88.3 Å². The average Bonchev–Trinajstić information content (AvgIpc) is 3.14. The quantitative estimate of drug-likeness (QED) is 0.356. The topological polar surface area (TPSA) is 21.1 Å². The third kappa shape index (κ3) is 2.85. The van der Waals surface area contributed by atoms with E-state index in [9.17, 15) is 0 Å². The van der Waals surface area contributed by atoms with Crippen molar-refractivity contribution < 1.29 is 0 Å². The zero-order valence-corrected chi connectivity index (χ0v) is 17.1. The van der Waals surface area contributed by atoms with E-state index in [1.165, 1.54) is 52.0 Å². The third-order valence-electron chi connectivity index (χ3n) is 6.45. The van der Waals surface area contributed by atoms with Crippen molar-refractivity contribution in [3.05, 3.63) is 84.4 Å². The highest BCUT2D eigenvalue weighted by atomic mass is 15.2. The van der Waals surface area contributed by atoms with E-state index >= 15 is 0 Å². The first-order chi connectivity index (χ1) is 14.9. The molecule has 3 aromatic carbocycles. The smallest absolute Gasteiger partial charge is 0.129 e. The van der Waals surface area contributed by atoms with Gasteiger partial charge in [0.2, 0.25) is 0 Å². The summed E-state index contributed by atoms with van der Waals surface area (Å²) in [5.41, 5.74) is 4.97. The standard InChI is InChI=1S/C27H25N3/c1-3-9-20(10-4-1)19-30-25-12-6-5-11-21(25)22-13-15-24-23(27(22)30)14-16-26(28-24)29-17-7-2-8-18-29/h1,3-6,9-16H,2,7-8,17-19H2. The molecule has 5 aromatic rings. The zero-order chi connectivity index (χ0) is 19.9. The fourth-order valence-corrected chi connectivity index (χ4v) is 4.97. The minimum atomic E-state index is 0.859. The molecule has 2 aromatic heterocycles. The molecule has 1 aliphatic heterocycles. The van der Waals surface area contributed by atoms with Gasteiger partial charge in [0, 0.05) is 41.3 Å². The zero-order valence-electron chi connectivity index (χ0n) is 17.1. The van der Waals surface area contributed by atoms with E-state index in [4.69, 9.17) is 4.98 Å². The van der Waals surface area contributed by atoms with Crippen molar-refractivity contribution in [2.24, 2.45) is 0 Å². The minimum Gasteiger partial charge on any atom is -0.357 e. The van der Waals surface area contributed by atoms with Crippen molar-refractivity contribution in [3.8, 4) is 0 Å². The molecule has 1 fully saturated rings. The lowest BCUT2D eigenvalue weighted by Crippen LogP contribution is -2.30. The highest BCUT2D eigenvalue weighted by molar-refractivity contribution is 6.17. The van der Waals surface area contributed by atoms with Crippen LogP contribution in [0.3, 0.4) is 0 Å². The first kappa shape index (κ1) is 17.5. The Morgan fingerprint density at radius 1 is 0.667 bits per heavy atom. The second kappa shape index (κ2) is 7.17. The monoisotopic (exact) mass is 391 g/mol. The molecule has 3 nitrogen and oxygen atoms in total. The summed E-state index contributed by atoms with van der Waals surface area (Å²) >= 11 is 0. The minimum absolute atomic E-state index is 0.859. The van der Waals surface area contributed by atoms with Crippen LogP contribution in [0, 0.1) is 0 Å². The van der Waals surface area contributed by atoms with Gasteiger partial charge in [-0.25, -0.2) is 4.98 Å². The lowest BCUT2D eigenvalue weighted by atomic mass is 10.1. The summed E-state index contributed by atoms with van der Waals surface area (Å²) in [6.45, 7) is 3.10. The van der Waals surface area contributed by atoms with Crippen molar-refractivity contribution >= 4 is 38.5 Å². The van der Waals surface area contributed by atoms with Crippen molar-refractivity contribution in [2.75, 3.05) is 18.0 Å². The maximum absolute atomic E-state index is 5.08. The normalized spacial score (nSPS) is 14.7. The van der Waals surface area contributed by atoms with Crippen LogP contribution >= 0.6 is 0 Å². The Morgan fingerprint density at radius 3 is 2.30 bits per heavy atom. The van der Waals surface area contributed by atoms with Gasteiger partial charge in [0.25, 0.3) is 0 Å². The van der Waals surface area contributed by atoms with Gasteiger partial charge in [0.05, 0.1) is 11.0 Å². The van der Waals surface area contributed by atoms with Crippen LogP contribution in [0.1, 0.15) is 24.8 Å². The van der Waals surface area contributed by atoms with Crippen LogP contribution in [0.4, 0.5) is 5.82 Å². The highest BCUT2D eigenvalue weighted by Crippen LogP contribution is 2.35. The van der Waals surface area contributed by atoms with E-state index in [-0.39, 0.29) is 0 Å².